The maximum absolute atomic E-state index is 12.0. The van der Waals surface area contributed by atoms with E-state index in [0.29, 0.717) is 5.92 Å². The van der Waals surface area contributed by atoms with Crippen molar-refractivity contribution < 1.29 is 4.79 Å². The number of hydrogen-bond acceptors (Lipinski definition) is 5. The average molecular weight is 258 g/mol. The number of aryl methyl sites for hydroxylation is 2. The van der Waals surface area contributed by atoms with E-state index >= 15 is 0 Å². The Kier molecular flexibility index (Phi) is 2.73. The van der Waals surface area contributed by atoms with Gasteiger partial charge in [-0.2, -0.15) is 0 Å². The van der Waals surface area contributed by atoms with E-state index in [1.165, 1.54) is 0 Å². The van der Waals surface area contributed by atoms with Gasteiger partial charge < -0.3 is 0 Å². The fourth-order valence-corrected chi connectivity index (χ4v) is 1.85. The number of nitrogens with zero attached hydrogens (tertiary/aromatic N) is 4. The van der Waals surface area contributed by atoms with Gasteiger partial charge in [-0.15, -0.1) is 5.10 Å². The number of aromatic amines is 1. The zero-order valence-corrected chi connectivity index (χ0v) is 10.8. The maximum atomic E-state index is 12.0. The predicted molar refractivity (Wildman–Crippen MR) is 67.8 cm³/mol. The van der Waals surface area contributed by atoms with Crippen molar-refractivity contribution in [1.82, 2.24) is 25.1 Å². The highest BCUT2D eigenvalue weighted by Gasteiger charge is 2.28. The molecule has 1 amide bonds. The van der Waals surface area contributed by atoms with Crippen molar-refractivity contribution in [3.63, 3.8) is 0 Å². The topological polar surface area (TPSA) is 96.5 Å². The molecular weight excluding hydrogens is 244 g/mol. The number of amides is 1. The smallest absolute Gasteiger partial charge is 0.288 e. The van der Waals surface area contributed by atoms with Gasteiger partial charge in [-0.25, -0.2) is 15.0 Å². The van der Waals surface area contributed by atoms with Crippen LogP contribution in [0.2, 0.25) is 0 Å². The van der Waals surface area contributed by atoms with E-state index in [-0.39, 0.29) is 11.8 Å². The van der Waals surface area contributed by atoms with E-state index in [2.05, 4.69) is 30.5 Å². The van der Waals surface area contributed by atoms with Crippen molar-refractivity contribution in [2.75, 3.05) is 5.32 Å². The van der Waals surface area contributed by atoms with Crippen LogP contribution in [0, 0.1) is 13.8 Å². The minimum absolute atomic E-state index is 0.129. The minimum Gasteiger partial charge on any atom is -0.288 e. The predicted octanol–water partition coefficient (Wildman–Crippen LogP) is 1.34. The lowest BCUT2D eigenvalue weighted by Gasteiger charge is -2.02. The summed E-state index contributed by atoms with van der Waals surface area (Å²) >= 11 is 0. The summed E-state index contributed by atoms with van der Waals surface area (Å²) in [5, 5.41) is 9.32. The van der Waals surface area contributed by atoms with Crippen molar-refractivity contribution in [1.29, 1.82) is 0 Å². The van der Waals surface area contributed by atoms with Crippen LogP contribution in [0.1, 0.15) is 46.6 Å². The van der Waals surface area contributed by atoms with Gasteiger partial charge in [-0.1, -0.05) is 0 Å². The van der Waals surface area contributed by atoms with E-state index in [1.807, 2.05) is 19.9 Å². The molecule has 0 aromatic carbocycles. The molecule has 7 nitrogen and oxygen atoms in total. The summed E-state index contributed by atoms with van der Waals surface area (Å²) in [5.41, 5.74) is 1.60. The maximum Gasteiger partial charge on any atom is 0.297 e. The lowest BCUT2D eigenvalue weighted by Crippen LogP contribution is -2.16. The molecule has 2 N–H and O–H groups in total. The largest absolute Gasteiger partial charge is 0.297 e. The van der Waals surface area contributed by atoms with Gasteiger partial charge in [-0.3, -0.25) is 15.2 Å². The second-order valence-electron chi connectivity index (χ2n) is 4.75. The number of carbonyl (C=O) groups is 1. The molecule has 1 aliphatic carbocycles. The number of H-pyrrole nitrogens is 1. The third kappa shape index (κ3) is 2.59. The molecule has 0 aliphatic heterocycles. The number of aromatic nitrogens is 5. The summed E-state index contributed by atoms with van der Waals surface area (Å²) in [6.45, 7) is 3.70. The zero-order chi connectivity index (χ0) is 13.4. The molecule has 0 atom stereocenters. The first-order valence-electron chi connectivity index (χ1n) is 6.18. The third-order valence-corrected chi connectivity index (χ3v) is 2.88. The summed E-state index contributed by atoms with van der Waals surface area (Å²) in [7, 11) is 0. The summed E-state index contributed by atoms with van der Waals surface area (Å²) in [5.74, 6) is 1.23. The molecule has 1 aliphatic rings. The lowest BCUT2D eigenvalue weighted by molar-refractivity contribution is 0.101. The molecule has 2 aromatic rings. The van der Waals surface area contributed by atoms with Crippen molar-refractivity contribution in [3.8, 4) is 0 Å². The van der Waals surface area contributed by atoms with Gasteiger partial charge in [0.25, 0.3) is 5.91 Å². The van der Waals surface area contributed by atoms with Crippen LogP contribution in [0.3, 0.4) is 0 Å². The summed E-state index contributed by atoms with van der Waals surface area (Å²) in [6.07, 6.45) is 2.22. The Hall–Kier alpha value is -2.31. The number of rotatable bonds is 3. The number of nitrogens with one attached hydrogen (secondary N) is 2. The molecule has 0 spiro atoms. The van der Waals surface area contributed by atoms with Gasteiger partial charge >= 0.3 is 0 Å². The van der Waals surface area contributed by atoms with E-state index in [4.69, 9.17) is 0 Å². The highest BCUT2D eigenvalue weighted by molar-refractivity contribution is 6.00. The van der Waals surface area contributed by atoms with Crippen LogP contribution in [-0.2, 0) is 0 Å². The Balaban J connectivity index is 1.75. The Morgan fingerprint density at radius 2 is 1.95 bits per heavy atom. The highest BCUT2D eigenvalue weighted by Crippen LogP contribution is 2.37. The molecule has 0 radical (unpaired) electrons. The van der Waals surface area contributed by atoms with Crippen molar-refractivity contribution in [2.24, 2.45) is 0 Å². The number of carbonyl (C=O) groups excluding carboxylic acids is 1. The SMILES string of the molecule is Cc1cc(C)nc(NC(=O)c2n[nH]c(C3CC3)n2)n1. The number of hydrogen-bond donors (Lipinski definition) is 2. The summed E-state index contributed by atoms with van der Waals surface area (Å²) in [4.78, 5) is 24.4. The standard InChI is InChI=1S/C12H14N6O/c1-6-5-7(2)14-12(13-6)16-11(19)10-15-9(17-18-10)8-3-4-8/h5,8H,3-4H2,1-2H3,(H,15,17,18)(H,13,14,16,19). The molecule has 0 unspecified atom stereocenters. The molecular formula is C12H14N6O. The first-order chi connectivity index (χ1) is 9.11. The van der Waals surface area contributed by atoms with Crippen LogP contribution in [0.25, 0.3) is 0 Å². The van der Waals surface area contributed by atoms with Crippen LogP contribution in [0.4, 0.5) is 5.95 Å². The Bertz CT molecular complexity index is 611. The highest BCUT2D eigenvalue weighted by atomic mass is 16.2. The molecule has 98 valence electrons. The number of anilines is 1. The molecule has 2 aromatic heterocycles. The van der Waals surface area contributed by atoms with Crippen LogP contribution in [0.5, 0.6) is 0 Å². The van der Waals surface area contributed by atoms with E-state index in [0.717, 1.165) is 30.1 Å². The first kappa shape index (κ1) is 11.8. The van der Waals surface area contributed by atoms with Crippen LogP contribution < -0.4 is 5.32 Å². The molecule has 0 saturated heterocycles. The average Bonchev–Trinajstić information content (AvgIpc) is 3.05. The fraction of sp³-hybridized carbons (Fsp3) is 0.417. The molecule has 19 heavy (non-hydrogen) atoms. The Labute approximate surface area is 109 Å². The van der Waals surface area contributed by atoms with Crippen molar-refractivity contribution in [2.45, 2.75) is 32.6 Å². The normalized spacial score (nSPS) is 14.4. The molecule has 0 bridgehead atoms. The van der Waals surface area contributed by atoms with Crippen molar-refractivity contribution >= 4 is 11.9 Å². The second-order valence-corrected chi connectivity index (χ2v) is 4.75. The minimum atomic E-state index is -0.395. The first-order valence-corrected chi connectivity index (χ1v) is 6.18. The summed E-state index contributed by atoms with van der Waals surface area (Å²) < 4.78 is 0. The lowest BCUT2D eigenvalue weighted by atomic mass is 10.3. The quantitative estimate of drug-likeness (QED) is 0.866. The van der Waals surface area contributed by atoms with Gasteiger partial charge in [0.2, 0.25) is 11.8 Å². The zero-order valence-electron chi connectivity index (χ0n) is 10.8. The van der Waals surface area contributed by atoms with Gasteiger partial charge in [0.15, 0.2) is 0 Å². The molecule has 2 heterocycles. The Morgan fingerprint density at radius 1 is 1.26 bits per heavy atom. The van der Waals surface area contributed by atoms with E-state index in [9.17, 15) is 4.79 Å². The van der Waals surface area contributed by atoms with Gasteiger partial charge in [-0.05, 0) is 32.8 Å². The second kappa shape index (κ2) is 4.42. The Morgan fingerprint density at radius 3 is 2.58 bits per heavy atom. The van der Waals surface area contributed by atoms with Gasteiger partial charge in [0.05, 0.1) is 0 Å². The summed E-state index contributed by atoms with van der Waals surface area (Å²) in [6, 6.07) is 1.84. The molecule has 1 fully saturated rings. The molecule has 7 heteroatoms. The van der Waals surface area contributed by atoms with E-state index in [1.54, 1.807) is 0 Å². The molecule has 1 saturated carbocycles. The fourth-order valence-electron chi connectivity index (χ4n) is 1.85. The van der Waals surface area contributed by atoms with Gasteiger partial charge in [0, 0.05) is 17.3 Å². The van der Waals surface area contributed by atoms with Crippen molar-refractivity contribution in [3.05, 3.63) is 29.1 Å². The molecule has 3 rings (SSSR count). The van der Waals surface area contributed by atoms with Crippen LogP contribution in [-0.4, -0.2) is 31.1 Å². The monoisotopic (exact) mass is 258 g/mol. The third-order valence-electron chi connectivity index (χ3n) is 2.88. The van der Waals surface area contributed by atoms with Crippen LogP contribution >= 0.6 is 0 Å². The van der Waals surface area contributed by atoms with Crippen LogP contribution in [0.15, 0.2) is 6.07 Å². The van der Waals surface area contributed by atoms with Gasteiger partial charge in [0.1, 0.15) is 5.82 Å². The van der Waals surface area contributed by atoms with E-state index < -0.39 is 5.91 Å².